The molecule has 0 aliphatic heterocycles. The molecular weight excluding hydrogens is 255 g/mol. The van der Waals surface area contributed by atoms with Crippen LogP contribution >= 0.6 is 0 Å². The van der Waals surface area contributed by atoms with Crippen molar-refractivity contribution in [2.24, 2.45) is 11.8 Å². The van der Waals surface area contributed by atoms with Crippen molar-refractivity contribution < 1.29 is 19.3 Å². The highest BCUT2D eigenvalue weighted by molar-refractivity contribution is 6.29. The fourth-order valence-electron chi connectivity index (χ4n) is 2.58. The standard InChI is InChI=1S/C15H29BO4/c1-10-9-11(13(17)19-6)7-8-12(10)16-20-15(4,5)14(2,3)18/h10-12,16,18H,7-9H2,1-6H3. The molecule has 1 rings (SSSR count). The Morgan fingerprint density at radius 1 is 1.25 bits per heavy atom. The van der Waals surface area contributed by atoms with Crippen molar-refractivity contribution in [3.05, 3.63) is 0 Å². The summed E-state index contributed by atoms with van der Waals surface area (Å²) in [6, 6.07) is 0. The molecular formula is C15H29BO4. The van der Waals surface area contributed by atoms with Gasteiger partial charge in [0, 0.05) is 0 Å². The van der Waals surface area contributed by atoms with Gasteiger partial charge in [0.1, 0.15) is 0 Å². The second-order valence-electron chi connectivity index (χ2n) is 7.15. The molecule has 0 aromatic rings. The lowest BCUT2D eigenvalue weighted by Gasteiger charge is -2.40. The van der Waals surface area contributed by atoms with Gasteiger partial charge in [-0.3, -0.25) is 4.79 Å². The highest BCUT2D eigenvalue weighted by atomic mass is 16.5. The Labute approximate surface area is 123 Å². The van der Waals surface area contributed by atoms with Gasteiger partial charge in [-0.15, -0.1) is 0 Å². The number of carbonyl (C=O) groups excluding carboxylic acids is 1. The molecule has 1 aliphatic rings. The van der Waals surface area contributed by atoms with Gasteiger partial charge in [-0.05, 0) is 52.3 Å². The van der Waals surface area contributed by atoms with E-state index in [2.05, 4.69) is 6.92 Å². The lowest BCUT2D eigenvalue weighted by molar-refractivity contribution is -0.147. The first-order chi connectivity index (χ1) is 9.08. The van der Waals surface area contributed by atoms with Gasteiger partial charge >= 0.3 is 5.97 Å². The zero-order valence-electron chi connectivity index (χ0n) is 13.7. The van der Waals surface area contributed by atoms with Crippen molar-refractivity contribution in [3.8, 4) is 0 Å². The van der Waals surface area contributed by atoms with Crippen molar-refractivity contribution in [2.45, 2.75) is 70.9 Å². The number of esters is 1. The first-order valence-electron chi connectivity index (χ1n) is 7.52. The Balaban J connectivity index is 2.50. The molecule has 5 heteroatoms. The minimum atomic E-state index is -0.876. The first-order valence-corrected chi connectivity index (χ1v) is 7.52. The smallest absolute Gasteiger partial charge is 0.308 e. The highest BCUT2D eigenvalue weighted by Crippen LogP contribution is 2.39. The van der Waals surface area contributed by atoms with Gasteiger partial charge in [0.25, 0.3) is 7.48 Å². The van der Waals surface area contributed by atoms with Crippen LogP contribution in [0.25, 0.3) is 0 Å². The lowest BCUT2D eigenvalue weighted by Crippen LogP contribution is -2.48. The van der Waals surface area contributed by atoms with Gasteiger partial charge in [-0.25, -0.2) is 0 Å². The van der Waals surface area contributed by atoms with Crippen molar-refractivity contribution >= 4 is 13.5 Å². The fraction of sp³-hybridized carbons (Fsp3) is 0.933. The number of ether oxygens (including phenoxy) is 1. The minimum absolute atomic E-state index is 0.0357. The molecule has 1 N–H and O–H groups in total. The highest BCUT2D eigenvalue weighted by Gasteiger charge is 2.38. The third-order valence-electron chi connectivity index (χ3n) is 5.01. The van der Waals surface area contributed by atoms with Gasteiger partial charge in [-0.1, -0.05) is 13.3 Å². The Hall–Kier alpha value is -0.545. The molecule has 1 fully saturated rings. The van der Waals surface area contributed by atoms with E-state index in [1.54, 1.807) is 13.8 Å². The monoisotopic (exact) mass is 284 g/mol. The molecule has 1 saturated carbocycles. The topological polar surface area (TPSA) is 55.8 Å². The van der Waals surface area contributed by atoms with Gasteiger partial charge in [0.05, 0.1) is 24.2 Å². The molecule has 20 heavy (non-hydrogen) atoms. The third-order valence-corrected chi connectivity index (χ3v) is 5.01. The number of methoxy groups -OCH3 is 1. The number of hydrogen-bond donors (Lipinski definition) is 1. The summed E-state index contributed by atoms with van der Waals surface area (Å²) in [6.07, 6.45) is 2.71. The van der Waals surface area contributed by atoms with E-state index in [1.165, 1.54) is 7.11 Å². The first kappa shape index (κ1) is 17.5. The average molecular weight is 284 g/mol. The van der Waals surface area contributed by atoms with Crippen LogP contribution in [0.1, 0.15) is 53.9 Å². The van der Waals surface area contributed by atoms with E-state index < -0.39 is 11.2 Å². The molecule has 0 bridgehead atoms. The predicted octanol–water partition coefficient (Wildman–Crippen LogP) is 2.30. The average Bonchev–Trinajstić information content (AvgIpc) is 2.35. The van der Waals surface area contributed by atoms with E-state index in [9.17, 15) is 9.90 Å². The molecule has 3 atom stereocenters. The van der Waals surface area contributed by atoms with E-state index in [-0.39, 0.29) is 11.9 Å². The van der Waals surface area contributed by atoms with Crippen LogP contribution in [0.2, 0.25) is 5.82 Å². The number of aliphatic hydroxyl groups is 1. The fourth-order valence-corrected chi connectivity index (χ4v) is 2.58. The quantitative estimate of drug-likeness (QED) is 0.621. The number of hydrogen-bond acceptors (Lipinski definition) is 4. The normalized spacial score (nSPS) is 28.1. The van der Waals surface area contributed by atoms with E-state index >= 15 is 0 Å². The van der Waals surface area contributed by atoms with Crippen LogP contribution in [0, 0.1) is 11.8 Å². The molecule has 0 heterocycles. The summed E-state index contributed by atoms with van der Waals surface area (Å²) < 4.78 is 10.8. The van der Waals surface area contributed by atoms with Crippen molar-refractivity contribution in [3.63, 3.8) is 0 Å². The van der Waals surface area contributed by atoms with E-state index in [1.807, 2.05) is 13.8 Å². The van der Waals surface area contributed by atoms with Gasteiger partial charge in [0.2, 0.25) is 0 Å². The number of carbonyl (C=O) groups is 1. The Kier molecular flexibility index (Phi) is 5.67. The maximum atomic E-state index is 11.6. The van der Waals surface area contributed by atoms with Crippen LogP contribution in [0.5, 0.6) is 0 Å². The van der Waals surface area contributed by atoms with Crippen molar-refractivity contribution in [1.82, 2.24) is 0 Å². The summed E-state index contributed by atoms with van der Waals surface area (Å²) in [4.78, 5) is 11.6. The summed E-state index contributed by atoms with van der Waals surface area (Å²) in [5.74, 6) is 0.824. The van der Waals surface area contributed by atoms with E-state index in [4.69, 9.17) is 9.39 Å². The summed E-state index contributed by atoms with van der Waals surface area (Å²) in [6.45, 7) is 9.53. The van der Waals surface area contributed by atoms with E-state index in [0.717, 1.165) is 19.3 Å². The largest absolute Gasteiger partial charge is 0.469 e. The number of rotatable bonds is 5. The van der Waals surface area contributed by atoms with Gasteiger partial charge < -0.3 is 14.5 Å². The molecule has 116 valence electrons. The predicted molar refractivity (Wildman–Crippen MR) is 80.9 cm³/mol. The molecule has 0 radical (unpaired) electrons. The van der Waals surface area contributed by atoms with Crippen LogP contribution in [0.15, 0.2) is 0 Å². The van der Waals surface area contributed by atoms with Crippen LogP contribution in [0.4, 0.5) is 0 Å². The summed E-state index contributed by atoms with van der Waals surface area (Å²) in [5.41, 5.74) is -1.45. The third kappa shape index (κ3) is 4.22. The molecule has 0 aromatic carbocycles. The molecule has 0 spiro atoms. The van der Waals surface area contributed by atoms with E-state index in [0.29, 0.717) is 19.2 Å². The summed E-state index contributed by atoms with van der Waals surface area (Å²) in [5, 5.41) is 10.1. The zero-order chi connectivity index (χ0) is 15.6. The molecule has 4 nitrogen and oxygen atoms in total. The molecule has 0 amide bonds. The van der Waals surface area contributed by atoms with Gasteiger partial charge in [0.15, 0.2) is 0 Å². The van der Waals surface area contributed by atoms with Crippen LogP contribution in [-0.4, -0.2) is 36.9 Å². The van der Waals surface area contributed by atoms with Crippen molar-refractivity contribution in [1.29, 1.82) is 0 Å². The Morgan fingerprint density at radius 3 is 2.30 bits per heavy atom. The lowest BCUT2D eigenvalue weighted by atomic mass is 9.62. The SMILES string of the molecule is COC(=O)C1CCC(BOC(C)(C)C(C)(C)O)C(C)C1. The minimum Gasteiger partial charge on any atom is -0.469 e. The molecule has 1 aliphatic carbocycles. The second kappa shape index (κ2) is 6.48. The molecule has 0 saturated heterocycles. The Morgan fingerprint density at radius 2 is 1.85 bits per heavy atom. The summed E-state index contributed by atoms with van der Waals surface area (Å²) >= 11 is 0. The van der Waals surface area contributed by atoms with Crippen LogP contribution in [0.3, 0.4) is 0 Å². The van der Waals surface area contributed by atoms with Crippen LogP contribution < -0.4 is 0 Å². The molecule has 3 unspecified atom stereocenters. The van der Waals surface area contributed by atoms with Crippen molar-refractivity contribution in [2.75, 3.05) is 7.11 Å². The second-order valence-corrected chi connectivity index (χ2v) is 7.15. The maximum Gasteiger partial charge on any atom is 0.308 e. The maximum absolute atomic E-state index is 11.6. The zero-order valence-corrected chi connectivity index (χ0v) is 13.7. The van der Waals surface area contributed by atoms with Gasteiger partial charge in [-0.2, -0.15) is 0 Å². The van der Waals surface area contributed by atoms with Crippen LogP contribution in [-0.2, 0) is 14.2 Å². The Bertz CT molecular complexity index is 335. The molecule has 0 aromatic heterocycles. The summed E-state index contributed by atoms with van der Waals surface area (Å²) in [7, 11) is 2.08.